The van der Waals surface area contributed by atoms with Gasteiger partial charge in [-0.25, -0.2) is 4.79 Å². The minimum atomic E-state index is -0.390. The Morgan fingerprint density at radius 1 is 1.19 bits per heavy atom. The first kappa shape index (κ1) is 18.6. The van der Waals surface area contributed by atoms with Crippen molar-refractivity contribution in [1.29, 1.82) is 0 Å². The van der Waals surface area contributed by atoms with Gasteiger partial charge in [-0.15, -0.1) is 11.3 Å². The first-order valence-corrected chi connectivity index (χ1v) is 9.81. The molecule has 0 radical (unpaired) electrons. The van der Waals surface area contributed by atoms with Crippen LogP contribution in [0.4, 0.5) is 5.00 Å². The summed E-state index contributed by atoms with van der Waals surface area (Å²) in [6, 6.07) is 8.05. The van der Waals surface area contributed by atoms with Gasteiger partial charge in [0.15, 0.2) is 0 Å². The van der Waals surface area contributed by atoms with Gasteiger partial charge in [-0.2, -0.15) is 0 Å². The SMILES string of the molecule is Cc1ccc(-c2c(C)sc(NC(=O)[C@H]3C[C@H]3C)c2C(=O)OC(C)C)cc1. The molecule has 1 aromatic carbocycles. The topological polar surface area (TPSA) is 55.4 Å². The quantitative estimate of drug-likeness (QED) is 0.736. The summed E-state index contributed by atoms with van der Waals surface area (Å²) in [4.78, 5) is 26.2. The fourth-order valence-corrected chi connectivity index (χ4v) is 4.13. The number of aryl methyl sites for hydroxylation is 2. The first-order chi connectivity index (χ1) is 12.3. The maximum atomic E-state index is 12.8. The highest BCUT2D eigenvalue weighted by Crippen LogP contribution is 2.43. The van der Waals surface area contributed by atoms with E-state index in [0.717, 1.165) is 28.0 Å². The molecule has 1 aliphatic carbocycles. The molecule has 2 aromatic rings. The molecule has 1 fully saturated rings. The molecule has 0 bridgehead atoms. The molecule has 3 rings (SSSR count). The highest BCUT2D eigenvalue weighted by Gasteiger charge is 2.40. The van der Waals surface area contributed by atoms with E-state index >= 15 is 0 Å². The zero-order chi connectivity index (χ0) is 19.0. The molecule has 5 heteroatoms. The number of thiophene rings is 1. The Balaban J connectivity index is 2.03. The van der Waals surface area contributed by atoms with E-state index in [9.17, 15) is 9.59 Å². The van der Waals surface area contributed by atoms with Crippen LogP contribution in [0.15, 0.2) is 24.3 Å². The summed E-state index contributed by atoms with van der Waals surface area (Å²) < 4.78 is 5.47. The molecule has 26 heavy (non-hydrogen) atoms. The number of benzene rings is 1. The molecule has 0 saturated heterocycles. The third-order valence-corrected chi connectivity index (χ3v) is 5.67. The van der Waals surface area contributed by atoms with Crippen LogP contribution in [-0.2, 0) is 9.53 Å². The maximum Gasteiger partial charge on any atom is 0.342 e. The Hall–Kier alpha value is -2.14. The number of carbonyl (C=O) groups is 2. The Morgan fingerprint density at radius 2 is 1.81 bits per heavy atom. The summed E-state index contributed by atoms with van der Waals surface area (Å²) >= 11 is 1.44. The third kappa shape index (κ3) is 3.83. The number of hydrogen-bond acceptors (Lipinski definition) is 4. The number of esters is 1. The zero-order valence-corrected chi connectivity index (χ0v) is 16.7. The number of rotatable bonds is 5. The Kier molecular flexibility index (Phi) is 5.19. The van der Waals surface area contributed by atoms with Crippen LogP contribution in [-0.4, -0.2) is 18.0 Å². The number of amides is 1. The van der Waals surface area contributed by atoms with E-state index in [1.807, 2.05) is 52.0 Å². The van der Waals surface area contributed by atoms with Gasteiger partial charge in [0.25, 0.3) is 0 Å². The van der Waals surface area contributed by atoms with Crippen molar-refractivity contribution in [3.63, 3.8) is 0 Å². The lowest BCUT2D eigenvalue weighted by atomic mass is 10.0. The largest absolute Gasteiger partial charge is 0.459 e. The van der Waals surface area contributed by atoms with E-state index in [0.29, 0.717) is 16.5 Å². The van der Waals surface area contributed by atoms with Crippen LogP contribution in [0, 0.1) is 25.7 Å². The fraction of sp³-hybridized carbons (Fsp3) is 0.429. The number of anilines is 1. The second-order valence-corrected chi connectivity index (χ2v) is 8.59. The summed E-state index contributed by atoms with van der Waals surface area (Å²) in [5.74, 6) is 0.0692. The Morgan fingerprint density at radius 3 is 2.35 bits per heavy atom. The normalized spacial score (nSPS) is 18.7. The molecule has 2 atom stereocenters. The monoisotopic (exact) mass is 371 g/mol. The molecule has 0 aliphatic heterocycles. The molecule has 1 aromatic heterocycles. The average molecular weight is 372 g/mol. The Labute approximate surface area is 158 Å². The van der Waals surface area contributed by atoms with E-state index in [1.165, 1.54) is 11.3 Å². The van der Waals surface area contributed by atoms with Crippen molar-refractivity contribution in [2.75, 3.05) is 5.32 Å². The molecular formula is C21H25NO3S. The zero-order valence-electron chi connectivity index (χ0n) is 15.9. The highest BCUT2D eigenvalue weighted by atomic mass is 32.1. The van der Waals surface area contributed by atoms with Crippen molar-refractivity contribution in [1.82, 2.24) is 0 Å². The smallest absolute Gasteiger partial charge is 0.342 e. The second-order valence-electron chi connectivity index (χ2n) is 7.37. The summed E-state index contributed by atoms with van der Waals surface area (Å²) in [7, 11) is 0. The maximum absolute atomic E-state index is 12.8. The second kappa shape index (κ2) is 7.23. The van der Waals surface area contributed by atoms with Gasteiger partial charge in [-0.05, 0) is 45.6 Å². The van der Waals surface area contributed by atoms with Gasteiger partial charge >= 0.3 is 5.97 Å². The van der Waals surface area contributed by atoms with Crippen molar-refractivity contribution in [2.45, 2.75) is 47.1 Å². The van der Waals surface area contributed by atoms with Crippen LogP contribution in [0.2, 0.25) is 0 Å². The van der Waals surface area contributed by atoms with Crippen molar-refractivity contribution in [3.05, 3.63) is 40.3 Å². The predicted molar refractivity (Wildman–Crippen MR) is 106 cm³/mol. The number of carbonyl (C=O) groups excluding carboxylic acids is 2. The van der Waals surface area contributed by atoms with Crippen LogP contribution >= 0.6 is 11.3 Å². The van der Waals surface area contributed by atoms with E-state index in [-0.39, 0.29) is 23.9 Å². The molecule has 0 spiro atoms. The lowest BCUT2D eigenvalue weighted by molar-refractivity contribution is -0.117. The minimum Gasteiger partial charge on any atom is -0.459 e. The van der Waals surface area contributed by atoms with Crippen LogP contribution in [0.25, 0.3) is 11.1 Å². The highest BCUT2D eigenvalue weighted by molar-refractivity contribution is 7.17. The molecule has 0 unspecified atom stereocenters. The molecule has 1 heterocycles. The summed E-state index contributed by atoms with van der Waals surface area (Å²) in [5, 5.41) is 3.57. The van der Waals surface area contributed by atoms with Gasteiger partial charge in [0.05, 0.1) is 6.10 Å². The van der Waals surface area contributed by atoms with Gasteiger partial charge in [-0.3, -0.25) is 4.79 Å². The average Bonchev–Trinajstić information content (AvgIpc) is 3.20. The van der Waals surface area contributed by atoms with Gasteiger partial charge in [0.1, 0.15) is 10.6 Å². The van der Waals surface area contributed by atoms with Crippen molar-refractivity contribution >= 4 is 28.2 Å². The molecule has 1 amide bonds. The third-order valence-electron chi connectivity index (χ3n) is 4.65. The number of ether oxygens (including phenoxy) is 1. The number of hydrogen-bond donors (Lipinski definition) is 1. The molecule has 4 nitrogen and oxygen atoms in total. The van der Waals surface area contributed by atoms with Gasteiger partial charge < -0.3 is 10.1 Å². The molecule has 1 N–H and O–H groups in total. The molecule has 1 saturated carbocycles. The standard InChI is InChI=1S/C21H25NO3S/c1-11(2)25-21(24)18-17(15-8-6-12(3)7-9-15)14(5)26-20(18)22-19(23)16-10-13(16)4/h6-9,11,13,16H,10H2,1-5H3,(H,22,23)/t13-,16+/m1/s1. The number of nitrogens with one attached hydrogen (secondary N) is 1. The van der Waals surface area contributed by atoms with E-state index in [4.69, 9.17) is 4.74 Å². The van der Waals surface area contributed by atoms with Crippen molar-refractivity contribution in [3.8, 4) is 11.1 Å². The van der Waals surface area contributed by atoms with Gasteiger partial charge in [0, 0.05) is 16.4 Å². The van der Waals surface area contributed by atoms with Gasteiger partial charge in [0.2, 0.25) is 5.91 Å². The van der Waals surface area contributed by atoms with Crippen LogP contribution in [0.1, 0.15) is 48.0 Å². The van der Waals surface area contributed by atoms with Crippen molar-refractivity contribution in [2.24, 2.45) is 11.8 Å². The lowest BCUT2D eigenvalue weighted by Gasteiger charge is -2.12. The molecule has 1 aliphatic rings. The van der Waals surface area contributed by atoms with Crippen molar-refractivity contribution < 1.29 is 14.3 Å². The first-order valence-electron chi connectivity index (χ1n) is 9.00. The Bertz CT molecular complexity index is 836. The summed E-state index contributed by atoms with van der Waals surface area (Å²) in [6.45, 7) is 9.72. The summed E-state index contributed by atoms with van der Waals surface area (Å²) in [6.07, 6.45) is 0.688. The van der Waals surface area contributed by atoms with Gasteiger partial charge in [-0.1, -0.05) is 36.8 Å². The lowest BCUT2D eigenvalue weighted by Crippen LogP contribution is -2.18. The molecular weight excluding hydrogens is 346 g/mol. The predicted octanol–water partition coefficient (Wildman–Crippen LogP) is 5.19. The van der Waals surface area contributed by atoms with Crippen LogP contribution in [0.3, 0.4) is 0 Å². The molecule has 138 valence electrons. The van der Waals surface area contributed by atoms with Crippen LogP contribution in [0.5, 0.6) is 0 Å². The van der Waals surface area contributed by atoms with E-state index < -0.39 is 0 Å². The van der Waals surface area contributed by atoms with E-state index in [2.05, 4.69) is 12.2 Å². The fourth-order valence-electron chi connectivity index (χ4n) is 3.06. The summed E-state index contributed by atoms with van der Waals surface area (Å²) in [5.41, 5.74) is 3.43. The minimum absolute atomic E-state index is 0.00666. The van der Waals surface area contributed by atoms with E-state index in [1.54, 1.807) is 0 Å². The van der Waals surface area contributed by atoms with Crippen LogP contribution < -0.4 is 5.32 Å².